The van der Waals surface area contributed by atoms with Crippen molar-refractivity contribution in [3.63, 3.8) is 0 Å². The van der Waals surface area contributed by atoms with Crippen LogP contribution in [-0.2, 0) is 14.8 Å². The monoisotopic (exact) mass is 489 g/mol. The number of anilines is 1. The summed E-state index contributed by atoms with van der Waals surface area (Å²) in [6.07, 6.45) is 0. The Morgan fingerprint density at radius 1 is 1.12 bits per heavy atom. The van der Waals surface area contributed by atoms with E-state index in [0.29, 0.717) is 35.5 Å². The molecule has 3 aromatic rings. The van der Waals surface area contributed by atoms with E-state index in [9.17, 15) is 13.2 Å². The summed E-state index contributed by atoms with van der Waals surface area (Å²) in [5, 5.41) is 4.91. The molecule has 174 valence electrons. The number of amides is 1. The van der Waals surface area contributed by atoms with E-state index in [0.717, 1.165) is 5.56 Å². The summed E-state index contributed by atoms with van der Waals surface area (Å²) in [5.41, 5.74) is 1.57. The van der Waals surface area contributed by atoms with Crippen molar-refractivity contribution in [3.05, 3.63) is 53.4 Å². The van der Waals surface area contributed by atoms with Gasteiger partial charge in [0, 0.05) is 29.6 Å². The minimum atomic E-state index is -3.70. The number of benzene rings is 2. The minimum absolute atomic E-state index is 0.0676. The second-order valence-electron chi connectivity index (χ2n) is 7.10. The van der Waals surface area contributed by atoms with Crippen molar-refractivity contribution >= 4 is 32.4 Å². The molecule has 11 heteroatoms. The summed E-state index contributed by atoms with van der Waals surface area (Å²) in [4.78, 5) is 17.4. The second-order valence-corrected chi connectivity index (χ2v) is 9.90. The number of carbonyl (C=O) groups excluding carboxylic acids is 1. The molecule has 9 nitrogen and oxygen atoms in total. The lowest BCUT2D eigenvalue weighted by atomic mass is 10.1. The van der Waals surface area contributed by atoms with E-state index in [1.165, 1.54) is 27.8 Å². The van der Waals surface area contributed by atoms with E-state index in [-0.39, 0.29) is 23.5 Å². The predicted octanol–water partition coefficient (Wildman–Crippen LogP) is 3.10. The number of rotatable bonds is 7. The van der Waals surface area contributed by atoms with Crippen LogP contribution in [0.1, 0.15) is 10.4 Å². The summed E-state index contributed by atoms with van der Waals surface area (Å²) >= 11 is 1.25. The van der Waals surface area contributed by atoms with Crippen molar-refractivity contribution in [2.24, 2.45) is 0 Å². The zero-order valence-electron chi connectivity index (χ0n) is 18.1. The van der Waals surface area contributed by atoms with Gasteiger partial charge in [0.2, 0.25) is 10.0 Å². The number of sulfonamides is 1. The second kappa shape index (κ2) is 9.87. The number of aromatic nitrogens is 1. The summed E-state index contributed by atoms with van der Waals surface area (Å²) in [5.74, 6) is 0.829. The highest BCUT2D eigenvalue weighted by atomic mass is 32.2. The fourth-order valence-electron chi connectivity index (χ4n) is 3.37. The van der Waals surface area contributed by atoms with Gasteiger partial charge in [-0.1, -0.05) is 6.07 Å². The minimum Gasteiger partial charge on any atom is -0.497 e. The van der Waals surface area contributed by atoms with Gasteiger partial charge in [-0.25, -0.2) is 13.4 Å². The number of hydrogen-bond acceptors (Lipinski definition) is 8. The lowest BCUT2D eigenvalue weighted by molar-refractivity contribution is 0.0730. The van der Waals surface area contributed by atoms with Gasteiger partial charge in [-0.05, 0) is 36.4 Å². The van der Waals surface area contributed by atoms with E-state index in [4.69, 9.17) is 14.2 Å². The van der Waals surface area contributed by atoms with Gasteiger partial charge in [0.05, 0.1) is 38.0 Å². The third-order valence-electron chi connectivity index (χ3n) is 5.11. The molecular formula is C22H23N3O6S2. The van der Waals surface area contributed by atoms with Gasteiger partial charge < -0.3 is 14.2 Å². The Morgan fingerprint density at radius 2 is 1.91 bits per heavy atom. The van der Waals surface area contributed by atoms with Crippen LogP contribution in [0.2, 0.25) is 0 Å². The summed E-state index contributed by atoms with van der Waals surface area (Å²) in [7, 11) is -0.560. The zero-order valence-corrected chi connectivity index (χ0v) is 19.7. The fourth-order valence-corrected chi connectivity index (χ4v) is 5.53. The summed E-state index contributed by atoms with van der Waals surface area (Å²) < 4.78 is 43.1. The molecule has 0 aliphatic carbocycles. The van der Waals surface area contributed by atoms with E-state index >= 15 is 0 Å². The molecule has 2 aromatic carbocycles. The maximum atomic E-state index is 12.9. The van der Waals surface area contributed by atoms with E-state index in [1.807, 2.05) is 0 Å². The molecule has 0 radical (unpaired) electrons. The molecule has 0 bridgehead atoms. The first-order valence-corrected chi connectivity index (χ1v) is 12.4. The number of carbonyl (C=O) groups is 1. The van der Waals surface area contributed by atoms with Crippen LogP contribution in [0.4, 0.5) is 5.13 Å². The summed E-state index contributed by atoms with van der Waals surface area (Å²) in [6, 6.07) is 11.3. The Hall–Kier alpha value is -2.99. The van der Waals surface area contributed by atoms with Gasteiger partial charge in [0.1, 0.15) is 11.5 Å². The molecule has 1 saturated heterocycles. The van der Waals surface area contributed by atoms with Crippen LogP contribution in [0.15, 0.2) is 52.7 Å². The van der Waals surface area contributed by atoms with Crippen LogP contribution >= 0.6 is 11.3 Å². The molecule has 2 heterocycles. The Kier molecular flexibility index (Phi) is 6.94. The zero-order chi connectivity index (χ0) is 23.4. The highest BCUT2D eigenvalue weighted by molar-refractivity contribution is 7.89. The number of ether oxygens (including phenoxy) is 3. The largest absolute Gasteiger partial charge is 0.497 e. The SMILES string of the molecule is COc1ccc(OC)c(-c2csc(NC(=O)c3cccc(S(=O)(=O)N4CCOCC4)c3)n2)c1. The van der Waals surface area contributed by atoms with Crippen molar-refractivity contribution in [1.29, 1.82) is 0 Å². The lowest BCUT2D eigenvalue weighted by Gasteiger charge is -2.26. The molecule has 4 rings (SSSR count). The van der Waals surface area contributed by atoms with Crippen molar-refractivity contribution in [3.8, 4) is 22.8 Å². The summed E-state index contributed by atoms with van der Waals surface area (Å²) in [6.45, 7) is 1.27. The molecular weight excluding hydrogens is 466 g/mol. The van der Waals surface area contributed by atoms with Crippen LogP contribution in [-0.4, -0.2) is 64.1 Å². The Labute approximate surface area is 196 Å². The van der Waals surface area contributed by atoms with Crippen LogP contribution in [0.25, 0.3) is 11.3 Å². The number of hydrogen-bond donors (Lipinski definition) is 1. The van der Waals surface area contributed by atoms with Crippen LogP contribution < -0.4 is 14.8 Å². The Balaban J connectivity index is 1.53. The lowest BCUT2D eigenvalue weighted by Crippen LogP contribution is -2.40. The van der Waals surface area contributed by atoms with E-state index < -0.39 is 15.9 Å². The van der Waals surface area contributed by atoms with Crippen molar-refractivity contribution in [2.45, 2.75) is 4.90 Å². The highest BCUT2D eigenvalue weighted by Crippen LogP contribution is 2.35. The molecule has 0 spiro atoms. The maximum absolute atomic E-state index is 12.9. The number of nitrogens with one attached hydrogen (secondary N) is 1. The van der Waals surface area contributed by atoms with Crippen molar-refractivity contribution < 1.29 is 27.4 Å². The fraction of sp³-hybridized carbons (Fsp3) is 0.273. The van der Waals surface area contributed by atoms with Crippen molar-refractivity contribution in [1.82, 2.24) is 9.29 Å². The number of thiazole rings is 1. The topological polar surface area (TPSA) is 107 Å². The number of morpholine rings is 1. The molecule has 0 unspecified atom stereocenters. The van der Waals surface area contributed by atoms with Gasteiger partial charge in [0.15, 0.2) is 5.13 Å². The molecule has 1 aliphatic rings. The van der Waals surface area contributed by atoms with Gasteiger partial charge >= 0.3 is 0 Å². The molecule has 1 fully saturated rings. The predicted molar refractivity (Wildman–Crippen MR) is 125 cm³/mol. The average molecular weight is 490 g/mol. The first-order valence-electron chi connectivity index (χ1n) is 10.1. The third kappa shape index (κ3) is 5.01. The smallest absolute Gasteiger partial charge is 0.257 e. The number of nitrogens with zero attached hydrogens (tertiary/aromatic N) is 2. The molecule has 1 N–H and O–H groups in total. The molecule has 1 aromatic heterocycles. The first kappa shape index (κ1) is 23.2. The van der Waals surface area contributed by atoms with Crippen molar-refractivity contribution in [2.75, 3.05) is 45.8 Å². The highest BCUT2D eigenvalue weighted by Gasteiger charge is 2.27. The van der Waals surface area contributed by atoms with E-state index in [1.54, 1.807) is 49.9 Å². The number of methoxy groups -OCH3 is 2. The maximum Gasteiger partial charge on any atom is 0.257 e. The Bertz CT molecular complexity index is 1250. The molecule has 33 heavy (non-hydrogen) atoms. The van der Waals surface area contributed by atoms with Gasteiger partial charge in [-0.2, -0.15) is 4.31 Å². The molecule has 1 amide bonds. The normalized spacial score (nSPS) is 14.6. The van der Waals surface area contributed by atoms with Gasteiger partial charge in [-0.15, -0.1) is 11.3 Å². The standard InChI is InChI=1S/C22H23N3O6S2/c1-29-16-6-7-20(30-2)18(13-16)19-14-32-22(23-19)24-21(26)15-4-3-5-17(12-15)33(27,28)25-8-10-31-11-9-25/h3-7,12-14H,8-11H2,1-2H3,(H,23,24,26). The molecule has 0 saturated carbocycles. The third-order valence-corrected chi connectivity index (χ3v) is 7.76. The van der Waals surface area contributed by atoms with Crippen LogP contribution in [0, 0.1) is 0 Å². The van der Waals surface area contributed by atoms with E-state index in [2.05, 4.69) is 10.3 Å². The average Bonchev–Trinajstić information content (AvgIpc) is 3.32. The Morgan fingerprint density at radius 3 is 2.64 bits per heavy atom. The molecule has 1 aliphatic heterocycles. The van der Waals surface area contributed by atoms with Crippen LogP contribution in [0.3, 0.4) is 0 Å². The van der Waals surface area contributed by atoms with Gasteiger partial charge in [0.25, 0.3) is 5.91 Å². The quantitative estimate of drug-likeness (QED) is 0.543. The van der Waals surface area contributed by atoms with Crippen LogP contribution in [0.5, 0.6) is 11.5 Å². The molecule has 0 atom stereocenters. The van der Waals surface area contributed by atoms with Gasteiger partial charge in [-0.3, -0.25) is 10.1 Å². The first-order chi connectivity index (χ1) is 15.9.